The Labute approximate surface area is 191 Å². The van der Waals surface area contributed by atoms with Gasteiger partial charge in [0.2, 0.25) is 5.91 Å². The van der Waals surface area contributed by atoms with Gasteiger partial charge in [0.1, 0.15) is 12.6 Å². The smallest absolute Gasteiger partial charge is 0.408 e. The number of nitrogens with one attached hydrogen (secondary N) is 2. The number of ether oxygens (including phenoxy) is 1. The molecule has 172 valence electrons. The van der Waals surface area contributed by atoms with E-state index >= 15 is 0 Å². The molecule has 2 aromatic carbocycles. The second-order valence-corrected chi connectivity index (χ2v) is 8.61. The van der Waals surface area contributed by atoms with Crippen LogP contribution in [0.4, 0.5) is 4.79 Å². The molecule has 2 amide bonds. The van der Waals surface area contributed by atoms with Crippen molar-refractivity contribution in [3.05, 3.63) is 71.8 Å². The molecule has 0 unspecified atom stereocenters. The first kappa shape index (κ1) is 23.8. The first-order chi connectivity index (χ1) is 15.5. The third kappa shape index (κ3) is 7.38. The van der Waals surface area contributed by atoms with Crippen LogP contribution in [0.2, 0.25) is 0 Å². The van der Waals surface area contributed by atoms with E-state index in [1.165, 1.54) is 5.56 Å². The van der Waals surface area contributed by atoms with Crippen molar-refractivity contribution in [2.24, 2.45) is 5.92 Å². The predicted molar refractivity (Wildman–Crippen MR) is 126 cm³/mol. The minimum atomic E-state index is -0.606. The maximum atomic E-state index is 13.0. The Morgan fingerprint density at radius 3 is 2.19 bits per heavy atom. The predicted octanol–water partition coefficient (Wildman–Crippen LogP) is 4.11. The molecule has 1 fully saturated rings. The third-order valence-corrected chi connectivity index (χ3v) is 6.16. The number of hydrogen-bond acceptors (Lipinski definition) is 4. The fourth-order valence-electron chi connectivity index (χ4n) is 3.96. The SMILES string of the molecule is CC[C@@H](C)[C@H](NC(=O)OCc1ccccc1)C(=O)NC1CCN(Cc2ccccc2)CC1. The molecule has 0 aromatic heterocycles. The summed E-state index contributed by atoms with van der Waals surface area (Å²) >= 11 is 0. The van der Waals surface area contributed by atoms with E-state index in [4.69, 9.17) is 4.74 Å². The van der Waals surface area contributed by atoms with Crippen molar-refractivity contribution < 1.29 is 14.3 Å². The molecule has 3 rings (SSSR count). The minimum Gasteiger partial charge on any atom is -0.445 e. The Morgan fingerprint density at radius 1 is 1.00 bits per heavy atom. The molecular formula is C26H35N3O3. The van der Waals surface area contributed by atoms with Crippen LogP contribution in [0.3, 0.4) is 0 Å². The molecule has 1 saturated heterocycles. The van der Waals surface area contributed by atoms with Crippen molar-refractivity contribution in [2.45, 2.75) is 58.3 Å². The molecule has 6 heteroatoms. The van der Waals surface area contributed by atoms with Crippen LogP contribution < -0.4 is 10.6 Å². The third-order valence-electron chi connectivity index (χ3n) is 6.16. The molecule has 0 bridgehead atoms. The van der Waals surface area contributed by atoms with E-state index in [-0.39, 0.29) is 24.5 Å². The van der Waals surface area contributed by atoms with E-state index < -0.39 is 12.1 Å². The van der Waals surface area contributed by atoms with Crippen LogP contribution in [0.25, 0.3) is 0 Å². The lowest BCUT2D eigenvalue weighted by Crippen LogP contribution is -2.54. The second kappa shape index (κ2) is 12.2. The quantitative estimate of drug-likeness (QED) is 0.619. The number of alkyl carbamates (subject to hydrolysis) is 1. The number of amides is 2. The maximum absolute atomic E-state index is 13.0. The van der Waals surface area contributed by atoms with Gasteiger partial charge in [-0.05, 0) is 29.9 Å². The molecule has 2 N–H and O–H groups in total. The molecule has 2 aromatic rings. The number of piperidine rings is 1. The Hall–Kier alpha value is -2.86. The van der Waals surface area contributed by atoms with E-state index in [2.05, 4.69) is 39.8 Å². The van der Waals surface area contributed by atoms with E-state index in [0.717, 1.165) is 44.5 Å². The van der Waals surface area contributed by atoms with Crippen LogP contribution in [0.5, 0.6) is 0 Å². The van der Waals surface area contributed by atoms with Crippen molar-refractivity contribution in [3.63, 3.8) is 0 Å². The zero-order valence-electron chi connectivity index (χ0n) is 19.1. The van der Waals surface area contributed by atoms with Crippen LogP contribution in [-0.4, -0.2) is 42.1 Å². The topological polar surface area (TPSA) is 70.7 Å². The fourth-order valence-corrected chi connectivity index (χ4v) is 3.96. The highest BCUT2D eigenvalue weighted by atomic mass is 16.5. The fraction of sp³-hybridized carbons (Fsp3) is 0.462. The summed E-state index contributed by atoms with van der Waals surface area (Å²) in [5, 5.41) is 5.95. The number of hydrogen-bond donors (Lipinski definition) is 2. The highest BCUT2D eigenvalue weighted by Crippen LogP contribution is 2.15. The summed E-state index contributed by atoms with van der Waals surface area (Å²) < 4.78 is 5.33. The van der Waals surface area contributed by atoms with Crippen molar-refractivity contribution in [1.29, 1.82) is 0 Å². The average molecular weight is 438 g/mol. The van der Waals surface area contributed by atoms with Crippen LogP contribution in [-0.2, 0) is 22.7 Å². The molecule has 2 atom stereocenters. The molecule has 1 aliphatic heterocycles. The highest BCUT2D eigenvalue weighted by Gasteiger charge is 2.29. The lowest BCUT2D eigenvalue weighted by molar-refractivity contribution is -0.125. The average Bonchev–Trinajstić information content (AvgIpc) is 2.83. The first-order valence-corrected chi connectivity index (χ1v) is 11.6. The number of nitrogens with zero attached hydrogens (tertiary/aromatic N) is 1. The molecule has 0 saturated carbocycles. The van der Waals surface area contributed by atoms with Gasteiger partial charge < -0.3 is 15.4 Å². The van der Waals surface area contributed by atoms with Gasteiger partial charge in [-0.1, -0.05) is 80.9 Å². The van der Waals surface area contributed by atoms with Crippen molar-refractivity contribution in [3.8, 4) is 0 Å². The van der Waals surface area contributed by atoms with Gasteiger partial charge in [0, 0.05) is 25.7 Å². The van der Waals surface area contributed by atoms with Crippen molar-refractivity contribution in [1.82, 2.24) is 15.5 Å². The van der Waals surface area contributed by atoms with Gasteiger partial charge in [-0.3, -0.25) is 9.69 Å². The standard InChI is InChI=1S/C26H35N3O3/c1-3-20(2)24(28-26(31)32-19-22-12-8-5-9-13-22)25(30)27-23-14-16-29(17-15-23)18-21-10-6-4-7-11-21/h4-13,20,23-24H,3,14-19H2,1-2H3,(H,27,30)(H,28,31)/t20-,24+/m1/s1. The zero-order valence-corrected chi connectivity index (χ0v) is 19.1. The lowest BCUT2D eigenvalue weighted by atomic mass is 9.97. The van der Waals surface area contributed by atoms with E-state index in [0.29, 0.717) is 0 Å². The molecule has 32 heavy (non-hydrogen) atoms. The highest BCUT2D eigenvalue weighted by molar-refractivity contribution is 5.86. The summed E-state index contributed by atoms with van der Waals surface area (Å²) in [5.41, 5.74) is 2.22. The number of carbonyl (C=O) groups is 2. The van der Waals surface area contributed by atoms with Crippen LogP contribution in [0.15, 0.2) is 60.7 Å². The number of benzene rings is 2. The summed E-state index contributed by atoms with van der Waals surface area (Å²) in [6.07, 6.45) is 2.04. The number of rotatable bonds is 9. The molecule has 0 spiro atoms. The van der Waals surface area contributed by atoms with Gasteiger partial charge in [0.15, 0.2) is 0 Å². The van der Waals surface area contributed by atoms with Crippen LogP contribution in [0.1, 0.15) is 44.2 Å². The first-order valence-electron chi connectivity index (χ1n) is 11.6. The summed E-state index contributed by atoms with van der Waals surface area (Å²) in [6.45, 7) is 7.00. The summed E-state index contributed by atoms with van der Waals surface area (Å²) in [7, 11) is 0. The number of likely N-dealkylation sites (tertiary alicyclic amines) is 1. The van der Waals surface area contributed by atoms with Gasteiger partial charge in [-0.2, -0.15) is 0 Å². The lowest BCUT2D eigenvalue weighted by Gasteiger charge is -2.33. The Bertz CT molecular complexity index is 836. The number of carbonyl (C=O) groups excluding carboxylic acids is 2. The van der Waals surface area contributed by atoms with Gasteiger partial charge in [-0.25, -0.2) is 4.79 Å². The summed E-state index contributed by atoms with van der Waals surface area (Å²) in [6, 6.07) is 19.5. The Kier molecular flexibility index (Phi) is 9.11. The maximum Gasteiger partial charge on any atom is 0.408 e. The van der Waals surface area contributed by atoms with Crippen LogP contribution in [0, 0.1) is 5.92 Å². The normalized spacial score (nSPS) is 16.7. The van der Waals surface area contributed by atoms with Crippen molar-refractivity contribution in [2.75, 3.05) is 13.1 Å². The summed E-state index contributed by atoms with van der Waals surface area (Å²) in [5.74, 6) is -0.116. The zero-order chi connectivity index (χ0) is 22.8. The van der Waals surface area contributed by atoms with E-state index in [1.54, 1.807) is 0 Å². The van der Waals surface area contributed by atoms with Gasteiger partial charge in [0.25, 0.3) is 0 Å². The molecule has 0 aliphatic carbocycles. The molecular weight excluding hydrogens is 402 g/mol. The summed E-state index contributed by atoms with van der Waals surface area (Å²) in [4.78, 5) is 27.8. The monoisotopic (exact) mass is 437 g/mol. The molecule has 1 heterocycles. The van der Waals surface area contributed by atoms with Gasteiger partial charge in [-0.15, -0.1) is 0 Å². The minimum absolute atomic E-state index is 0.0115. The van der Waals surface area contributed by atoms with Crippen LogP contribution >= 0.6 is 0 Å². The molecule has 1 aliphatic rings. The Morgan fingerprint density at radius 2 is 1.59 bits per heavy atom. The van der Waals surface area contributed by atoms with E-state index in [1.807, 2.05) is 50.2 Å². The molecule has 6 nitrogen and oxygen atoms in total. The van der Waals surface area contributed by atoms with E-state index in [9.17, 15) is 9.59 Å². The van der Waals surface area contributed by atoms with Gasteiger partial charge in [0.05, 0.1) is 0 Å². The van der Waals surface area contributed by atoms with Gasteiger partial charge >= 0.3 is 6.09 Å². The molecule has 0 radical (unpaired) electrons. The Balaban J connectivity index is 1.46. The van der Waals surface area contributed by atoms with Crippen molar-refractivity contribution >= 4 is 12.0 Å². The largest absolute Gasteiger partial charge is 0.445 e. The second-order valence-electron chi connectivity index (χ2n) is 8.61.